The Balaban J connectivity index is 1.78. The van der Waals surface area contributed by atoms with Gasteiger partial charge < -0.3 is 20.8 Å². The highest BCUT2D eigenvalue weighted by atomic mass is 35.5. The smallest absolute Gasteiger partial charge is 0.338 e. The van der Waals surface area contributed by atoms with Crippen molar-refractivity contribution in [3.05, 3.63) is 70.9 Å². The van der Waals surface area contributed by atoms with Crippen LogP contribution in [-0.2, 0) is 19.1 Å². The summed E-state index contributed by atoms with van der Waals surface area (Å²) in [6, 6.07) is 11.1. The van der Waals surface area contributed by atoms with Crippen LogP contribution >= 0.6 is 11.6 Å². The lowest BCUT2D eigenvalue weighted by atomic mass is 10.2. The number of benzene rings is 2. The largest absolute Gasteiger partial charge is 0.462 e. The van der Waals surface area contributed by atoms with Gasteiger partial charge in [-0.2, -0.15) is 0 Å². The Morgan fingerprint density at radius 1 is 0.969 bits per heavy atom. The van der Waals surface area contributed by atoms with Crippen molar-refractivity contribution in [2.75, 3.05) is 17.2 Å². The van der Waals surface area contributed by atoms with Gasteiger partial charge in [0.25, 0.3) is 0 Å². The lowest BCUT2D eigenvalue weighted by Crippen LogP contribution is -2.43. The van der Waals surface area contributed by atoms with E-state index in [0.717, 1.165) is 0 Å². The van der Waals surface area contributed by atoms with E-state index in [1.165, 1.54) is 12.1 Å². The van der Waals surface area contributed by atoms with Crippen molar-refractivity contribution in [3.8, 4) is 0 Å². The zero-order valence-electron chi connectivity index (χ0n) is 17.6. The summed E-state index contributed by atoms with van der Waals surface area (Å²) >= 11 is 5.99. The predicted molar refractivity (Wildman–Crippen MR) is 121 cm³/mol. The van der Waals surface area contributed by atoms with Crippen LogP contribution in [0.4, 0.5) is 11.4 Å². The molecule has 2 aromatic carbocycles. The van der Waals surface area contributed by atoms with Gasteiger partial charge in [-0.1, -0.05) is 24.2 Å². The van der Waals surface area contributed by atoms with Crippen molar-refractivity contribution in [2.24, 2.45) is 0 Å². The number of nitrogens with one attached hydrogen (secondary N) is 4. The van der Waals surface area contributed by atoms with Crippen molar-refractivity contribution in [3.63, 3.8) is 0 Å². The Morgan fingerprint density at radius 2 is 1.66 bits per heavy atom. The summed E-state index contributed by atoms with van der Waals surface area (Å²) in [5.74, 6) is -2.75. The van der Waals surface area contributed by atoms with Crippen molar-refractivity contribution in [1.82, 2.24) is 10.9 Å². The number of esters is 1. The van der Waals surface area contributed by atoms with E-state index < -0.39 is 23.7 Å². The zero-order chi connectivity index (χ0) is 23.7. The summed E-state index contributed by atoms with van der Waals surface area (Å²) in [4.78, 5) is 47.7. The van der Waals surface area contributed by atoms with Crippen LogP contribution in [0.5, 0.6) is 0 Å². The summed E-state index contributed by atoms with van der Waals surface area (Å²) in [6.07, 6.45) is -0.172. The number of anilines is 2. The van der Waals surface area contributed by atoms with E-state index in [9.17, 15) is 19.2 Å². The van der Waals surface area contributed by atoms with Crippen LogP contribution in [-0.4, -0.2) is 30.3 Å². The van der Waals surface area contributed by atoms with Crippen molar-refractivity contribution in [1.29, 1.82) is 0 Å². The number of ether oxygens (including phenoxy) is 1. The van der Waals surface area contributed by atoms with Crippen molar-refractivity contribution >= 4 is 46.7 Å². The Morgan fingerprint density at radius 3 is 2.31 bits per heavy atom. The van der Waals surface area contributed by atoms with E-state index in [1.54, 1.807) is 44.2 Å². The maximum absolute atomic E-state index is 12.1. The number of hydrogen-bond donors (Lipinski definition) is 4. The van der Waals surface area contributed by atoms with Gasteiger partial charge in [-0.25, -0.2) is 4.79 Å². The number of amides is 3. The van der Waals surface area contributed by atoms with E-state index in [1.807, 2.05) is 0 Å². The third kappa shape index (κ3) is 7.13. The fourth-order valence-electron chi connectivity index (χ4n) is 2.47. The minimum absolute atomic E-state index is 0.158. The summed E-state index contributed by atoms with van der Waals surface area (Å²) in [7, 11) is 0. The summed E-state index contributed by atoms with van der Waals surface area (Å²) in [6.45, 7) is 7.32. The predicted octanol–water partition coefficient (Wildman–Crippen LogP) is 2.93. The minimum atomic E-state index is -0.972. The monoisotopic (exact) mass is 458 g/mol. The molecule has 9 nitrogen and oxygen atoms in total. The molecule has 168 valence electrons. The average molecular weight is 459 g/mol. The first-order valence-electron chi connectivity index (χ1n) is 9.58. The van der Waals surface area contributed by atoms with Gasteiger partial charge in [0.1, 0.15) is 0 Å². The Kier molecular flexibility index (Phi) is 8.79. The van der Waals surface area contributed by atoms with Gasteiger partial charge >= 0.3 is 17.8 Å². The Hall–Kier alpha value is -3.85. The topological polar surface area (TPSA) is 126 Å². The number of carbonyl (C=O) groups excluding carboxylic acids is 4. The number of carbonyl (C=O) groups is 4. The van der Waals surface area contributed by atoms with Gasteiger partial charge in [-0.15, -0.1) is 0 Å². The summed E-state index contributed by atoms with van der Waals surface area (Å²) in [5.41, 5.74) is 6.62. The molecular formula is C22H23ClN4O5. The molecular weight excluding hydrogens is 436 g/mol. The second kappa shape index (κ2) is 11.5. The molecule has 10 heteroatoms. The number of hydrazine groups is 1. The molecule has 0 atom stereocenters. The van der Waals surface area contributed by atoms with Crippen molar-refractivity contribution < 1.29 is 23.9 Å². The van der Waals surface area contributed by atoms with Crippen LogP contribution in [0.25, 0.3) is 0 Å². The first kappa shape index (κ1) is 24.4. The molecule has 0 saturated heterocycles. The highest BCUT2D eigenvalue weighted by molar-refractivity contribution is 6.40. The van der Waals surface area contributed by atoms with Crippen LogP contribution in [0.2, 0.25) is 5.02 Å². The molecule has 3 amide bonds. The van der Waals surface area contributed by atoms with Crippen LogP contribution in [0.1, 0.15) is 29.3 Å². The first-order valence-corrected chi connectivity index (χ1v) is 9.96. The molecule has 0 heterocycles. The van der Waals surface area contributed by atoms with Gasteiger partial charge in [0.05, 0.1) is 18.6 Å². The van der Waals surface area contributed by atoms with Gasteiger partial charge in [0.15, 0.2) is 0 Å². The Labute approximate surface area is 190 Å². The molecule has 2 rings (SSSR count). The quantitative estimate of drug-likeness (QED) is 0.274. The number of rotatable bonds is 8. The summed E-state index contributed by atoms with van der Waals surface area (Å²) in [5, 5.41) is 5.54. The van der Waals surface area contributed by atoms with E-state index in [0.29, 0.717) is 27.5 Å². The van der Waals surface area contributed by atoms with Gasteiger partial charge in [0.2, 0.25) is 5.91 Å². The van der Waals surface area contributed by atoms with E-state index >= 15 is 0 Å². The molecule has 0 fully saturated rings. The lowest BCUT2D eigenvalue weighted by Gasteiger charge is -2.12. The molecule has 0 aliphatic carbocycles. The molecule has 32 heavy (non-hydrogen) atoms. The normalized spacial score (nSPS) is 9.97. The molecule has 0 aliphatic heterocycles. The summed E-state index contributed by atoms with van der Waals surface area (Å²) < 4.78 is 4.89. The number of hydrogen-bond acceptors (Lipinski definition) is 6. The van der Waals surface area contributed by atoms with Gasteiger partial charge in [0, 0.05) is 22.1 Å². The molecule has 0 radical (unpaired) electrons. The highest BCUT2D eigenvalue weighted by Gasteiger charge is 2.16. The van der Waals surface area contributed by atoms with E-state index in [-0.39, 0.29) is 18.7 Å². The maximum atomic E-state index is 12.1. The first-order chi connectivity index (χ1) is 15.2. The molecule has 4 N–H and O–H groups in total. The third-order valence-electron chi connectivity index (χ3n) is 4.13. The second-order valence-electron chi connectivity index (χ2n) is 6.57. The lowest BCUT2D eigenvalue weighted by molar-refractivity contribution is -0.136. The van der Waals surface area contributed by atoms with Gasteiger partial charge in [-0.3, -0.25) is 19.8 Å². The van der Waals surface area contributed by atoms with Gasteiger partial charge in [-0.05, 0) is 55.8 Å². The fraction of sp³-hybridized carbons (Fsp3) is 0.182. The average Bonchev–Trinajstić information content (AvgIpc) is 2.75. The van der Waals surface area contributed by atoms with Crippen LogP contribution < -0.4 is 21.5 Å². The fourth-order valence-corrected chi connectivity index (χ4v) is 2.65. The molecule has 0 unspecified atom stereocenters. The SMILES string of the molecule is C=C(CC(=O)Nc1ccc(C(=O)OCC)cc1)NNC(=O)C(=O)Nc1cccc(Cl)c1C. The molecule has 0 aromatic heterocycles. The van der Waals surface area contributed by atoms with Crippen molar-refractivity contribution in [2.45, 2.75) is 20.3 Å². The molecule has 2 aromatic rings. The highest BCUT2D eigenvalue weighted by Crippen LogP contribution is 2.22. The maximum Gasteiger partial charge on any atom is 0.338 e. The van der Waals surface area contributed by atoms with Crippen LogP contribution in [0, 0.1) is 6.92 Å². The third-order valence-corrected chi connectivity index (χ3v) is 4.54. The molecule has 0 saturated carbocycles. The Bertz CT molecular complexity index is 1040. The van der Waals surface area contributed by atoms with E-state index in [4.69, 9.17) is 16.3 Å². The standard InChI is InChI=1S/C22H23ClN4O5/c1-4-32-22(31)15-8-10-16(11-9-15)24-19(28)12-13(2)26-27-21(30)20(29)25-18-7-5-6-17(23)14(18)3/h5-11,26H,2,4,12H2,1,3H3,(H,24,28)(H,25,29)(H,27,30). The van der Waals surface area contributed by atoms with E-state index in [2.05, 4.69) is 28.1 Å². The molecule has 0 spiro atoms. The second-order valence-corrected chi connectivity index (χ2v) is 6.98. The molecule has 0 aliphatic rings. The van der Waals surface area contributed by atoms with Crippen LogP contribution in [0.3, 0.4) is 0 Å². The molecule has 0 bridgehead atoms. The zero-order valence-corrected chi connectivity index (χ0v) is 18.3. The minimum Gasteiger partial charge on any atom is -0.462 e. The number of halogens is 1. The van der Waals surface area contributed by atoms with Crippen LogP contribution in [0.15, 0.2) is 54.7 Å².